The first-order chi connectivity index (χ1) is 13.2. The first-order valence-corrected chi connectivity index (χ1v) is 8.53. The molecule has 0 saturated heterocycles. The summed E-state index contributed by atoms with van der Waals surface area (Å²) in [5.41, 5.74) is 2.84. The lowest BCUT2D eigenvalue weighted by Gasteiger charge is -2.34. The van der Waals surface area contributed by atoms with Crippen molar-refractivity contribution in [2.75, 3.05) is 11.4 Å². The van der Waals surface area contributed by atoms with Crippen molar-refractivity contribution in [2.45, 2.75) is 18.9 Å². The third kappa shape index (κ3) is 2.54. The van der Waals surface area contributed by atoms with E-state index in [0.717, 1.165) is 17.8 Å². The lowest BCUT2D eigenvalue weighted by Crippen LogP contribution is -2.37. The molecule has 0 aliphatic carbocycles. The monoisotopic (exact) mass is 367 g/mol. The highest BCUT2D eigenvalue weighted by molar-refractivity contribution is 5.58. The van der Waals surface area contributed by atoms with Crippen molar-refractivity contribution in [1.29, 1.82) is 0 Å². The minimum absolute atomic E-state index is 0.0413. The largest absolute Gasteiger partial charge is 0.348 e. The van der Waals surface area contributed by atoms with Gasteiger partial charge in [0, 0.05) is 42.8 Å². The Balaban J connectivity index is 1.68. The molecule has 1 N–H and O–H groups in total. The second-order valence-corrected chi connectivity index (χ2v) is 6.34. The zero-order chi connectivity index (χ0) is 18.4. The predicted octanol–water partition coefficient (Wildman–Crippen LogP) is 2.94. The van der Waals surface area contributed by atoms with E-state index in [0.29, 0.717) is 23.6 Å². The van der Waals surface area contributed by atoms with Gasteiger partial charge in [0.1, 0.15) is 11.9 Å². The van der Waals surface area contributed by atoms with Crippen LogP contribution in [0.1, 0.15) is 35.1 Å². The number of hydrogen-bond donors (Lipinski definition) is 1. The highest BCUT2D eigenvalue weighted by Crippen LogP contribution is 2.36. The van der Waals surface area contributed by atoms with Crippen LogP contribution in [0, 0.1) is 0 Å². The summed E-state index contributed by atoms with van der Waals surface area (Å²) in [6, 6.07) is 4.38. The first kappa shape index (κ1) is 15.9. The Hall–Kier alpha value is -3.36. The summed E-state index contributed by atoms with van der Waals surface area (Å²) in [5.74, 6) is 0.697. The molecule has 0 radical (unpaired) electrons. The Morgan fingerprint density at radius 2 is 2.15 bits per heavy atom. The number of nitrogens with zero attached hydrogens (tertiary/aromatic N) is 6. The highest BCUT2D eigenvalue weighted by Gasteiger charge is 2.34. The van der Waals surface area contributed by atoms with E-state index in [-0.39, 0.29) is 11.6 Å². The molecule has 0 unspecified atom stereocenters. The van der Waals surface area contributed by atoms with Crippen LogP contribution in [0.15, 0.2) is 49.3 Å². The van der Waals surface area contributed by atoms with Crippen LogP contribution < -0.4 is 4.90 Å². The van der Waals surface area contributed by atoms with Gasteiger partial charge in [0.05, 0.1) is 29.4 Å². The number of fused-ring (bicyclic) bond motifs is 2. The Morgan fingerprint density at radius 3 is 2.96 bits per heavy atom. The van der Waals surface area contributed by atoms with Gasteiger partial charge in [-0.2, -0.15) is 5.10 Å². The van der Waals surface area contributed by atoms with E-state index in [1.807, 2.05) is 0 Å². The van der Waals surface area contributed by atoms with E-state index in [1.54, 1.807) is 43.2 Å². The van der Waals surface area contributed by atoms with Gasteiger partial charge in [-0.05, 0) is 18.2 Å². The highest BCUT2D eigenvalue weighted by atomic mass is 19.3. The fourth-order valence-corrected chi connectivity index (χ4v) is 3.64. The van der Waals surface area contributed by atoms with Gasteiger partial charge in [-0.1, -0.05) is 0 Å². The summed E-state index contributed by atoms with van der Waals surface area (Å²) in [7, 11) is 0. The Bertz CT molecular complexity index is 1090. The quantitative estimate of drug-likeness (QED) is 0.603. The van der Waals surface area contributed by atoms with Crippen LogP contribution in [-0.2, 0) is 6.42 Å². The van der Waals surface area contributed by atoms with Crippen LogP contribution in [0.25, 0.3) is 5.52 Å². The van der Waals surface area contributed by atoms with Gasteiger partial charge in [-0.15, -0.1) is 0 Å². The SMILES string of the molecule is FC(F)c1cccn2nc([C@H]3c4nc[nH]c4CCN3c3cnccn3)cc12. The fraction of sp³-hybridized carbons (Fsp3) is 0.222. The molecule has 0 bridgehead atoms. The molecule has 9 heteroatoms. The average Bonchev–Trinajstić information content (AvgIpc) is 3.34. The van der Waals surface area contributed by atoms with E-state index < -0.39 is 6.43 Å². The fourth-order valence-electron chi connectivity index (χ4n) is 3.64. The number of H-pyrrole nitrogens is 1. The Labute approximate surface area is 152 Å². The molecule has 0 aromatic carbocycles. The van der Waals surface area contributed by atoms with Gasteiger partial charge >= 0.3 is 0 Å². The van der Waals surface area contributed by atoms with Crippen molar-refractivity contribution in [1.82, 2.24) is 29.5 Å². The third-order valence-electron chi connectivity index (χ3n) is 4.84. The maximum atomic E-state index is 13.4. The molecule has 0 fully saturated rings. The van der Waals surface area contributed by atoms with Crippen molar-refractivity contribution in [3.05, 3.63) is 72.0 Å². The number of imidazole rings is 1. The smallest absolute Gasteiger partial charge is 0.265 e. The van der Waals surface area contributed by atoms with Gasteiger partial charge in [-0.25, -0.2) is 23.3 Å². The summed E-state index contributed by atoms with van der Waals surface area (Å²) < 4.78 is 28.3. The summed E-state index contributed by atoms with van der Waals surface area (Å²) in [4.78, 5) is 18.3. The van der Waals surface area contributed by atoms with Crippen LogP contribution in [0.3, 0.4) is 0 Å². The van der Waals surface area contributed by atoms with Crippen molar-refractivity contribution in [2.24, 2.45) is 0 Å². The van der Waals surface area contributed by atoms with Crippen LogP contribution in [0.4, 0.5) is 14.6 Å². The zero-order valence-electron chi connectivity index (χ0n) is 14.1. The minimum atomic E-state index is -2.57. The zero-order valence-corrected chi connectivity index (χ0v) is 14.1. The van der Waals surface area contributed by atoms with Crippen molar-refractivity contribution in [3.63, 3.8) is 0 Å². The van der Waals surface area contributed by atoms with Crippen LogP contribution in [0.5, 0.6) is 0 Å². The number of halogens is 2. The summed E-state index contributed by atoms with van der Waals surface area (Å²) in [6.45, 7) is 0.689. The van der Waals surface area contributed by atoms with E-state index >= 15 is 0 Å². The van der Waals surface area contributed by atoms with Crippen LogP contribution in [-0.4, -0.2) is 36.1 Å². The third-order valence-corrected chi connectivity index (χ3v) is 4.84. The second kappa shape index (κ2) is 6.11. The van der Waals surface area contributed by atoms with Crippen molar-refractivity contribution >= 4 is 11.3 Å². The molecule has 27 heavy (non-hydrogen) atoms. The van der Waals surface area contributed by atoms with Crippen LogP contribution >= 0.6 is 0 Å². The molecule has 1 aliphatic rings. The maximum absolute atomic E-state index is 13.4. The van der Waals surface area contributed by atoms with E-state index in [2.05, 4.69) is 29.9 Å². The van der Waals surface area contributed by atoms with E-state index in [1.165, 1.54) is 10.6 Å². The van der Waals surface area contributed by atoms with Gasteiger partial charge in [-0.3, -0.25) is 4.98 Å². The number of rotatable bonds is 3. The maximum Gasteiger partial charge on any atom is 0.265 e. The number of hydrogen-bond acceptors (Lipinski definition) is 5. The Kier molecular flexibility index (Phi) is 3.59. The second-order valence-electron chi connectivity index (χ2n) is 6.34. The number of anilines is 1. The van der Waals surface area contributed by atoms with E-state index in [4.69, 9.17) is 0 Å². The molecule has 1 atom stereocenters. The van der Waals surface area contributed by atoms with Gasteiger partial charge in [0.25, 0.3) is 6.43 Å². The van der Waals surface area contributed by atoms with Crippen molar-refractivity contribution in [3.8, 4) is 0 Å². The molecule has 7 nitrogen and oxygen atoms in total. The first-order valence-electron chi connectivity index (χ1n) is 8.53. The molecule has 0 saturated carbocycles. The normalized spacial score (nSPS) is 16.9. The molecule has 5 rings (SSSR count). The van der Waals surface area contributed by atoms with E-state index in [9.17, 15) is 8.78 Å². The van der Waals surface area contributed by atoms with Crippen LogP contribution in [0.2, 0.25) is 0 Å². The number of aromatic nitrogens is 6. The standard InChI is InChI=1S/C18H15F2N7/c19-18(20)11-2-1-6-27-14(11)8-13(25-27)17-16-12(23-10-24-16)3-7-26(17)15-9-21-4-5-22-15/h1-2,4-6,8-10,17-18H,3,7H2,(H,23,24)/t17-/m0/s1. The van der Waals surface area contributed by atoms with Gasteiger partial charge in [0.2, 0.25) is 0 Å². The Morgan fingerprint density at radius 1 is 1.22 bits per heavy atom. The molecule has 136 valence electrons. The number of alkyl halides is 2. The van der Waals surface area contributed by atoms with Gasteiger partial charge < -0.3 is 9.88 Å². The lowest BCUT2D eigenvalue weighted by molar-refractivity contribution is 0.152. The molecule has 5 heterocycles. The number of aromatic amines is 1. The molecule has 4 aromatic rings. The molecule has 0 spiro atoms. The molecule has 0 amide bonds. The summed E-state index contributed by atoms with van der Waals surface area (Å²) in [5, 5.41) is 4.57. The number of pyridine rings is 1. The molecule has 1 aliphatic heterocycles. The average molecular weight is 367 g/mol. The minimum Gasteiger partial charge on any atom is -0.348 e. The molecule has 4 aromatic heterocycles. The number of nitrogens with one attached hydrogen (secondary N) is 1. The summed E-state index contributed by atoms with van der Waals surface area (Å²) >= 11 is 0. The molecular formula is C18H15F2N7. The molecular weight excluding hydrogens is 352 g/mol. The summed E-state index contributed by atoms with van der Waals surface area (Å²) in [6.07, 6.45) is 6.46. The van der Waals surface area contributed by atoms with Gasteiger partial charge in [0.15, 0.2) is 0 Å². The topological polar surface area (TPSA) is 75.0 Å². The van der Waals surface area contributed by atoms with Crippen molar-refractivity contribution < 1.29 is 8.78 Å². The predicted molar refractivity (Wildman–Crippen MR) is 93.7 cm³/mol. The lowest BCUT2D eigenvalue weighted by atomic mass is 9.99.